The average molecular weight is 321 g/mol. The lowest BCUT2D eigenvalue weighted by Crippen LogP contribution is -2.39. The minimum atomic E-state index is -0.0356. The van der Waals surface area contributed by atoms with E-state index in [0.29, 0.717) is 29.6 Å². The highest BCUT2D eigenvalue weighted by Crippen LogP contribution is 2.25. The Morgan fingerprint density at radius 1 is 1.30 bits per heavy atom. The maximum absolute atomic E-state index is 12.2. The van der Waals surface area contributed by atoms with E-state index in [9.17, 15) is 4.79 Å². The van der Waals surface area contributed by atoms with Gasteiger partial charge in [0.25, 0.3) is 0 Å². The molecule has 1 saturated heterocycles. The van der Waals surface area contributed by atoms with Crippen molar-refractivity contribution in [3.05, 3.63) is 18.2 Å². The van der Waals surface area contributed by atoms with Gasteiger partial charge >= 0.3 is 0 Å². The molecule has 2 rings (SSSR count). The van der Waals surface area contributed by atoms with E-state index in [-0.39, 0.29) is 5.91 Å². The molecular weight excluding hydrogens is 294 g/mol. The molecule has 1 aliphatic heterocycles. The van der Waals surface area contributed by atoms with Gasteiger partial charge in [0.1, 0.15) is 11.5 Å². The first-order chi connectivity index (χ1) is 11.1. The second-order valence-electron chi connectivity index (χ2n) is 6.06. The van der Waals surface area contributed by atoms with Crippen LogP contribution in [0, 0.1) is 5.92 Å². The lowest BCUT2D eigenvalue weighted by molar-refractivity contribution is -0.117. The summed E-state index contributed by atoms with van der Waals surface area (Å²) in [6.07, 6.45) is 2.44. The number of hydrogen-bond acceptors (Lipinski definition) is 5. The summed E-state index contributed by atoms with van der Waals surface area (Å²) in [7, 11) is 5.17. The van der Waals surface area contributed by atoms with Crippen molar-refractivity contribution in [1.29, 1.82) is 0 Å². The van der Waals surface area contributed by atoms with Gasteiger partial charge in [-0.25, -0.2) is 0 Å². The number of hydrogen-bond donors (Lipinski definition) is 2. The summed E-state index contributed by atoms with van der Waals surface area (Å²) in [6.45, 7) is 3.45. The maximum atomic E-state index is 12.2. The Kier molecular flexibility index (Phi) is 6.67. The van der Waals surface area contributed by atoms with Gasteiger partial charge in [-0.2, -0.15) is 0 Å². The number of carbonyl (C=O) groups excluding carboxylic acids is 1. The first-order valence-corrected chi connectivity index (χ1v) is 8.03. The second kappa shape index (κ2) is 8.74. The van der Waals surface area contributed by atoms with E-state index in [1.165, 1.54) is 12.8 Å². The topological polar surface area (TPSA) is 62.8 Å². The molecule has 1 aliphatic rings. The summed E-state index contributed by atoms with van der Waals surface area (Å²) in [5.41, 5.74) is 0.680. The van der Waals surface area contributed by atoms with Crippen LogP contribution in [-0.4, -0.2) is 58.3 Å². The van der Waals surface area contributed by atoms with Crippen molar-refractivity contribution in [3.63, 3.8) is 0 Å². The summed E-state index contributed by atoms with van der Waals surface area (Å²) < 4.78 is 10.4. The molecule has 1 fully saturated rings. The zero-order valence-corrected chi connectivity index (χ0v) is 14.2. The number of rotatable bonds is 7. The van der Waals surface area contributed by atoms with Gasteiger partial charge in [0.2, 0.25) is 5.91 Å². The monoisotopic (exact) mass is 321 g/mol. The van der Waals surface area contributed by atoms with Gasteiger partial charge in [0.05, 0.1) is 20.8 Å². The Bertz CT molecular complexity index is 494. The van der Waals surface area contributed by atoms with Gasteiger partial charge in [0.15, 0.2) is 0 Å². The number of amides is 1. The number of benzene rings is 1. The number of nitrogens with one attached hydrogen (secondary N) is 2. The predicted octanol–water partition coefficient (Wildman–Crippen LogP) is 1.57. The molecule has 23 heavy (non-hydrogen) atoms. The number of ether oxygens (including phenoxy) is 2. The summed E-state index contributed by atoms with van der Waals surface area (Å²) in [5.74, 6) is 1.90. The number of likely N-dealkylation sites (N-methyl/N-ethyl adjacent to an activating group) is 1. The van der Waals surface area contributed by atoms with Crippen LogP contribution in [0.5, 0.6) is 11.5 Å². The van der Waals surface area contributed by atoms with Crippen LogP contribution in [0.25, 0.3) is 0 Å². The Labute approximate surface area is 138 Å². The standard InChI is InChI=1S/C17H27N3O3/c1-20(11-13-5-4-6-18-10-13)12-17(21)19-14-7-15(22-2)9-16(8-14)23-3/h7-9,13,18H,4-6,10-12H2,1-3H3,(H,19,21). The smallest absolute Gasteiger partial charge is 0.238 e. The predicted molar refractivity (Wildman–Crippen MR) is 91.3 cm³/mol. The third kappa shape index (κ3) is 5.73. The SMILES string of the molecule is COc1cc(NC(=O)CN(C)CC2CCCNC2)cc(OC)c1. The van der Waals surface area contributed by atoms with Gasteiger partial charge in [-0.05, 0) is 38.9 Å². The van der Waals surface area contributed by atoms with E-state index in [1.807, 2.05) is 7.05 Å². The van der Waals surface area contributed by atoms with Crippen LogP contribution in [0.1, 0.15) is 12.8 Å². The minimum absolute atomic E-state index is 0.0356. The summed E-state index contributed by atoms with van der Waals surface area (Å²) in [4.78, 5) is 14.3. The molecule has 6 heteroatoms. The lowest BCUT2D eigenvalue weighted by atomic mass is 9.99. The first-order valence-electron chi connectivity index (χ1n) is 8.03. The number of carbonyl (C=O) groups is 1. The molecule has 1 heterocycles. The largest absolute Gasteiger partial charge is 0.497 e. The van der Waals surface area contributed by atoms with Crippen molar-refractivity contribution >= 4 is 11.6 Å². The molecule has 1 unspecified atom stereocenters. The molecule has 1 amide bonds. The van der Waals surface area contributed by atoms with Crippen LogP contribution in [0.2, 0.25) is 0 Å². The minimum Gasteiger partial charge on any atom is -0.497 e. The molecule has 6 nitrogen and oxygen atoms in total. The third-order valence-electron chi connectivity index (χ3n) is 4.02. The Morgan fingerprint density at radius 2 is 2.00 bits per heavy atom. The quantitative estimate of drug-likeness (QED) is 0.798. The molecule has 0 bridgehead atoms. The molecule has 128 valence electrons. The fraction of sp³-hybridized carbons (Fsp3) is 0.588. The number of anilines is 1. The lowest BCUT2D eigenvalue weighted by Gasteiger charge is -2.27. The van der Waals surface area contributed by atoms with Crippen LogP contribution >= 0.6 is 0 Å². The molecule has 0 spiro atoms. The van der Waals surface area contributed by atoms with Crippen molar-refractivity contribution < 1.29 is 14.3 Å². The van der Waals surface area contributed by atoms with Gasteiger partial charge in [-0.1, -0.05) is 0 Å². The van der Waals surface area contributed by atoms with E-state index in [1.54, 1.807) is 32.4 Å². The molecule has 1 aromatic rings. The zero-order valence-electron chi connectivity index (χ0n) is 14.2. The van der Waals surface area contributed by atoms with Crippen LogP contribution < -0.4 is 20.1 Å². The average Bonchev–Trinajstić information content (AvgIpc) is 2.54. The molecule has 0 saturated carbocycles. The van der Waals surface area contributed by atoms with Crippen LogP contribution in [0.4, 0.5) is 5.69 Å². The molecule has 0 aromatic heterocycles. The van der Waals surface area contributed by atoms with Crippen LogP contribution in [-0.2, 0) is 4.79 Å². The van der Waals surface area contributed by atoms with Gasteiger partial charge < -0.3 is 20.1 Å². The second-order valence-corrected chi connectivity index (χ2v) is 6.06. The van der Waals surface area contributed by atoms with Crippen molar-refractivity contribution in [2.75, 3.05) is 52.8 Å². The Balaban J connectivity index is 1.86. The van der Waals surface area contributed by atoms with Crippen LogP contribution in [0.3, 0.4) is 0 Å². The van der Waals surface area contributed by atoms with E-state index in [4.69, 9.17) is 9.47 Å². The molecule has 0 aliphatic carbocycles. The molecule has 1 aromatic carbocycles. The Hall–Kier alpha value is -1.79. The van der Waals surface area contributed by atoms with Crippen molar-refractivity contribution in [3.8, 4) is 11.5 Å². The van der Waals surface area contributed by atoms with E-state index < -0.39 is 0 Å². The van der Waals surface area contributed by atoms with E-state index in [0.717, 1.165) is 19.6 Å². The summed E-state index contributed by atoms with van der Waals surface area (Å²) >= 11 is 0. The third-order valence-corrected chi connectivity index (χ3v) is 4.02. The van der Waals surface area contributed by atoms with Gasteiger partial charge in [-0.3, -0.25) is 9.69 Å². The number of nitrogens with zero attached hydrogens (tertiary/aromatic N) is 1. The van der Waals surface area contributed by atoms with Crippen molar-refractivity contribution in [2.24, 2.45) is 5.92 Å². The molecular formula is C17H27N3O3. The van der Waals surface area contributed by atoms with Gasteiger partial charge in [0, 0.05) is 30.4 Å². The highest BCUT2D eigenvalue weighted by Gasteiger charge is 2.16. The summed E-state index contributed by atoms with van der Waals surface area (Å²) in [5, 5.41) is 6.31. The van der Waals surface area contributed by atoms with E-state index >= 15 is 0 Å². The zero-order chi connectivity index (χ0) is 16.7. The van der Waals surface area contributed by atoms with Gasteiger partial charge in [-0.15, -0.1) is 0 Å². The highest BCUT2D eigenvalue weighted by molar-refractivity contribution is 5.92. The fourth-order valence-corrected chi connectivity index (χ4v) is 2.91. The first kappa shape index (κ1) is 17.6. The molecule has 0 radical (unpaired) electrons. The fourth-order valence-electron chi connectivity index (χ4n) is 2.91. The Morgan fingerprint density at radius 3 is 2.57 bits per heavy atom. The highest BCUT2D eigenvalue weighted by atomic mass is 16.5. The normalized spacial score (nSPS) is 17.8. The molecule has 1 atom stereocenters. The van der Waals surface area contributed by atoms with Crippen LogP contribution in [0.15, 0.2) is 18.2 Å². The number of methoxy groups -OCH3 is 2. The number of piperidine rings is 1. The van der Waals surface area contributed by atoms with Crippen molar-refractivity contribution in [1.82, 2.24) is 10.2 Å². The van der Waals surface area contributed by atoms with E-state index in [2.05, 4.69) is 15.5 Å². The summed E-state index contributed by atoms with van der Waals surface area (Å²) in [6, 6.07) is 5.34. The van der Waals surface area contributed by atoms with Crippen molar-refractivity contribution in [2.45, 2.75) is 12.8 Å². The molecule has 2 N–H and O–H groups in total. The maximum Gasteiger partial charge on any atom is 0.238 e.